The van der Waals surface area contributed by atoms with Gasteiger partial charge in [-0.1, -0.05) is 24.3 Å². The predicted octanol–water partition coefficient (Wildman–Crippen LogP) is 4.28. The van der Waals surface area contributed by atoms with Crippen LogP contribution in [0.15, 0.2) is 46.9 Å². The molecule has 0 radical (unpaired) electrons. The van der Waals surface area contributed by atoms with E-state index in [1.807, 2.05) is 56.3 Å². The zero-order valence-corrected chi connectivity index (χ0v) is 15.2. The summed E-state index contributed by atoms with van der Waals surface area (Å²) in [5.74, 6) is -0.714. The van der Waals surface area contributed by atoms with Crippen LogP contribution in [0.3, 0.4) is 0 Å². The molecule has 1 saturated carbocycles. The van der Waals surface area contributed by atoms with Crippen LogP contribution in [0.1, 0.15) is 17.5 Å². The fourth-order valence-corrected chi connectivity index (χ4v) is 3.04. The Labute approximate surface area is 149 Å². The lowest BCUT2D eigenvalue weighted by molar-refractivity contribution is -0.122. The highest BCUT2D eigenvalue weighted by Gasteiger charge is 2.48. The Balaban J connectivity index is 1.60. The maximum atomic E-state index is 12.4. The summed E-state index contributed by atoms with van der Waals surface area (Å²) >= 11 is 3.40. The molecule has 0 bridgehead atoms. The molecule has 1 aliphatic carbocycles. The quantitative estimate of drug-likeness (QED) is 0.823. The molecule has 2 N–H and O–H groups in total. The molecular formula is C19H19BrN2O2. The molecule has 0 saturated heterocycles. The number of aryl methyl sites for hydroxylation is 2. The van der Waals surface area contributed by atoms with Gasteiger partial charge in [-0.25, -0.2) is 0 Å². The molecule has 2 aromatic rings. The highest BCUT2D eigenvalue weighted by molar-refractivity contribution is 9.10. The Morgan fingerprint density at radius 1 is 0.958 bits per heavy atom. The van der Waals surface area contributed by atoms with Gasteiger partial charge in [0, 0.05) is 10.2 Å². The lowest BCUT2D eigenvalue weighted by Gasteiger charge is -2.10. The van der Waals surface area contributed by atoms with Crippen molar-refractivity contribution in [2.45, 2.75) is 20.3 Å². The third-order valence-corrected chi connectivity index (χ3v) is 4.94. The smallest absolute Gasteiger partial charge is 0.228 e. The average Bonchev–Trinajstić information content (AvgIpc) is 3.34. The van der Waals surface area contributed by atoms with Crippen LogP contribution in [0, 0.1) is 25.7 Å². The number of hydrogen-bond donors (Lipinski definition) is 2. The third-order valence-electron chi connectivity index (χ3n) is 4.25. The van der Waals surface area contributed by atoms with Crippen molar-refractivity contribution in [1.82, 2.24) is 0 Å². The minimum atomic E-state index is -0.262. The summed E-state index contributed by atoms with van der Waals surface area (Å²) in [4.78, 5) is 24.7. The van der Waals surface area contributed by atoms with Crippen molar-refractivity contribution < 1.29 is 9.59 Å². The Kier molecular flexibility index (Phi) is 4.71. The number of anilines is 2. The van der Waals surface area contributed by atoms with E-state index in [1.165, 1.54) is 0 Å². The van der Waals surface area contributed by atoms with E-state index in [4.69, 9.17) is 0 Å². The topological polar surface area (TPSA) is 58.2 Å². The summed E-state index contributed by atoms with van der Waals surface area (Å²) in [6.07, 6.45) is 0.590. The van der Waals surface area contributed by atoms with Crippen molar-refractivity contribution in [3.63, 3.8) is 0 Å². The highest BCUT2D eigenvalue weighted by atomic mass is 79.9. The number of carbonyl (C=O) groups is 2. The van der Waals surface area contributed by atoms with Gasteiger partial charge in [-0.2, -0.15) is 0 Å². The van der Waals surface area contributed by atoms with E-state index >= 15 is 0 Å². The second kappa shape index (κ2) is 6.77. The molecule has 0 aromatic heterocycles. The number of amides is 2. The largest absolute Gasteiger partial charge is 0.326 e. The molecule has 5 heteroatoms. The van der Waals surface area contributed by atoms with Crippen molar-refractivity contribution in [3.8, 4) is 0 Å². The zero-order chi connectivity index (χ0) is 17.3. The maximum Gasteiger partial charge on any atom is 0.228 e. The molecule has 0 spiro atoms. The summed E-state index contributed by atoms with van der Waals surface area (Å²) in [5.41, 5.74) is 3.65. The first kappa shape index (κ1) is 16.7. The normalized spacial score (nSPS) is 18.8. The molecule has 2 unspecified atom stereocenters. The van der Waals surface area contributed by atoms with Crippen LogP contribution in [-0.4, -0.2) is 11.8 Å². The van der Waals surface area contributed by atoms with Gasteiger partial charge in [0.15, 0.2) is 0 Å². The summed E-state index contributed by atoms with van der Waals surface area (Å²) in [7, 11) is 0. The van der Waals surface area contributed by atoms with Crippen molar-refractivity contribution in [1.29, 1.82) is 0 Å². The lowest BCUT2D eigenvalue weighted by atomic mass is 10.1. The highest BCUT2D eigenvalue weighted by Crippen LogP contribution is 2.40. The van der Waals surface area contributed by atoms with Gasteiger partial charge < -0.3 is 10.6 Å². The van der Waals surface area contributed by atoms with Gasteiger partial charge in [-0.15, -0.1) is 0 Å². The van der Waals surface area contributed by atoms with Gasteiger partial charge >= 0.3 is 0 Å². The third kappa shape index (κ3) is 3.67. The van der Waals surface area contributed by atoms with Crippen molar-refractivity contribution in [3.05, 3.63) is 58.1 Å². The number of benzene rings is 2. The predicted molar refractivity (Wildman–Crippen MR) is 98.9 cm³/mol. The first-order chi connectivity index (χ1) is 11.5. The molecule has 1 fully saturated rings. The van der Waals surface area contributed by atoms with Crippen LogP contribution in [0.25, 0.3) is 0 Å². The van der Waals surface area contributed by atoms with E-state index in [0.717, 1.165) is 27.0 Å². The van der Waals surface area contributed by atoms with Crippen LogP contribution >= 0.6 is 15.9 Å². The number of nitrogens with one attached hydrogen (secondary N) is 2. The van der Waals surface area contributed by atoms with Crippen molar-refractivity contribution >= 4 is 39.1 Å². The summed E-state index contributed by atoms with van der Waals surface area (Å²) in [6, 6.07) is 13.4. The summed E-state index contributed by atoms with van der Waals surface area (Å²) in [6.45, 7) is 3.94. The van der Waals surface area contributed by atoms with Crippen LogP contribution < -0.4 is 10.6 Å². The molecule has 1 aliphatic rings. The summed E-state index contributed by atoms with van der Waals surface area (Å²) in [5, 5.41) is 5.82. The van der Waals surface area contributed by atoms with E-state index in [-0.39, 0.29) is 23.7 Å². The van der Waals surface area contributed by atoms with Crippen molar-refractivity contribution in [2.24, 2.45) is 11.8 Å². The SMILES string of the molecule is Cc1ccc(C)c(NC(=O)C2CC2C(=O)Nc2ccccc2Br)c1. The number of para-hydroxylation sites is 1. The molecule has 2 atom stereocenters. The Bertz CT molecular complexity index is 804. The number of halogens is 1. The molecule has 124 valence electrons. The van der Waals surface area contributed by atoms with Crippen molar-refractivity contribution in [2.75, 3.05) is 10.6 Å². The lowest BCUT2D eigenvalue weighted by Crippen LogP contribution is -2.21. The number of rotatable bonds is 4. The molecule has 0 heterocycles. The van der Waals surface area contributed by atoms with Gasteiger partial charge in [0.2, 0.25) is 11.8 Å². The zero-order valence-electron chi connectivity index (χ0n) is 13.6. The molecule has 2 aromatic carbocycles. The molecule has 2 amide bonds. The Morgan fingerprint density at radius 3 is 2.25 bits per heavy atom. The molecular weight excluding hydrogens is 368 g/mol. The summed E-state index contributed by atoms with van der Waals surface area (Å²) < 4.78 is 0.829. The monoisotopic (exact) mass is 386 g/mol. The minimum absolute atomic E-state index is 0.0871. The molecule has 3 rings (SSSR count). The van der Waals surface area contributed by atoms with E-state index in [0.29, 0.717) is 6.42 Å². The first-order valence-electron chi connectivity index (χ1n) is 7.89. The van der Waals surface area contributed by atoms with Gasteiger partial charge in [-0.05, 0) is 65.5 Å². The minimum Gasteiger partial charge on any atom is -0.326 e. The van der Waals surface area contributed by atoms with Gasteiger partial charge in [-0.3, -0.25) is 9.59 Å². The number of hydrogen-bond acceptors (Lipinski definition) is 2. The second-order valence-corrected chi connectivity index (χ2v) is 7.08. The number of carbonyl (C=O) groups excluding carboxylic acids is 2. The van der Waals surface area contributed by atoms with E-state index in [2.05, 4.69) is 26.6 Å². The first-order valence-corrected chi connectivity index (χ1v) is 8.68. The van der Waals surface area contributed by atoms with Crippen LogP contribution in [0.4, 0.5) is 11.4 Å². The molecule has 24 heavy (non-hydrogen) atoms. The van der Waals surface area contributed by atoms with Gasteiger partial charge in [0.05, 0.1) is 17.5 Å². The molecule has 0 aliphatic heterocycles. The maximum absolute atomic E-state index is 12.4. The Hall–Kier alpha value is -2.14. The van der Waals surface area contributed by atoms with Crippen LogP contribution in [0.5, 0.6) is 0 Å². The van der Waals surface area contributed by atoms with E-state index in [1.54, 1.807) is 0 Å². The second-order valence-electron chi connectivity index (χ2n) is 6.23. The average molecular weight is 387 g/mol. The van der Waals surface area contributed by atoms with Crippen LogP contribution in [0.2, 0.25) is 0 Å². The fourth-order valence-electron chi connectivity index (χ4n) is 2.66. The molecule has 4 nitrogen and oxygen atoms in total. The van der Waals surface area contributed by atoms with Gasteiger partial charge in [0.1, 0.15) is 0 Å². The fraction of sp³-hybridized carbons (Fsp3) is 0.263. The Morgan fingerprint density at radius 2 is 1.58 bits per heavy atom. The standard InChI is InChI=1S/C19H19BrN2O2/c1-11-7-8-12(2)17(9-11)22-19(24)14-10-13(14)18(23)21-16-6-4-3-5-15(16)20/h3-9,13-14H,10H2,1-2H3,(H,21,23)(H,22,24). The van der Waals surface area contributed by atoms with E-state index < -0.39 is 0 Å². The van der Waals surface area contributed by atoms with Crippen LogP contribution in [-0.2, 0) is 9.59 Å². The van der Waals surface area contributed by atoms with Gasteiger partial charge in [0.25, 0.3) is 0 Å². The van der Waals surface area contributed by atoms with E-state index in [9.17, 15) is 9.59 Å².